The average Bonchev–Trinajstić information content (AvgIpc) is 2.06. The zero-order valence-electron chi connectivity index (χ0n) is 7.79. The van der Waals surface area contributed by atoms with Crippen molar-refractivity contribution in [3.63, 3.8) is 0 Å². The van der Waals surface area contributed by atoms with Crippen molar-refractivity contribution in [3.05, 3.63) is 30.3 Å². The van der Waals surface area contributed by atoms with Crippen molar-refractivity contribution in [2.24, 2.45) is 0 Å². The normalized spacial score (nSPS) is 11.2. The Bertz CT molecular complexity index is 236. The summed E-state index contributed by atoms with van der Waals surface area (Å²) in [5.41, 5.74) is 1.14. The Morgan fingerprint density at radius 1 is 1.17 bits per heavy atom. The fraction of sp³-hybridized carbons (Fsp3) is 0.333. The maximum absolute atomic E-state index is 5.37. The Hall–Kier alpha value is -0.803. The van der Waals surface area contributed by atoms with Gasteiger partial charge in [0.1, 0.15) is 0 Å². The molecule has 1 N–H and O–H groups in total. The van der Waals surface area contributed by atoms with Crippen molar-refractivity contribution in [3.8, 4) is 0 Å². The minimum absolute atomic E-state index is 1.14. The first-order chi connectivity index (χ1) is 5.64. The molecule has 2 nitrogen and oxygen atoms in total. The first-order valence-electron chi connectivity index (χ1n) is 4.02. The third kappa shape index (κ3) is 2.68. The minimum Gasteiger partial charge on any atom is -0.402 e. The molecule has 0 saturated carbocycles. The molecule has 0 amide bonds. The van der Waals surface area contributed by atoms with E-state index in [1.54, 1.807) is 7.11 Å². The van der Waals surface area contributed by atoms with Crippen LogP contribution < -0.4 is 4.98 Å². The van der Waals surface area contributed by atoms with Gasteiger partial charge >= 0.3 is 0 Å². The monoisotopic (exact) mass is 181 g/mol. The number of hydrogen-bond donors (Lipinski definition) is 1. The van der Waals surface area contributed by atoms with Gasteiger partial charge in [0, 0.05) is 12.8 Å². The lowest BCUT2D eigenvalue weighted by atomic mass is 10.3. The molecule has 0 radical (unpaired) electrons. The average molecular weight is 181 g/mol. The zero-order valence-corrected chi connectivity index (χ0v) is 8.79. The van der Waals surface area contributed by atoms with Crippen LogP contribution in [-0.4, -0.2) is 15.6 Å². The minimum atomic E-state index is -1.67. The summed E-state index contributed by atoms with van der Waals surface area (Å²) >= 11 is 0. The number of para-hydroxylation sites is 1. The first-order valence-corrected chi connectivity index (χ1v) is 6.93. The quantitative estimate of drug-likeness (QED) is 0.723. The molecule has 0 fully saturated rings. The van der Waals surface area contributed by atoms with Gasteiger partial charge < -0.3 is 9.41 Å². The van der Waals surface area contributed by atoms with Gasteiger partial charge in [0.05, 0.1) is 0 Å². The highest BCUT2D eigenvalue weighted by atomic mass is 28.4. The highest BCUT2D eigenvalue weighted by Crippen LogP contribution is 2.11. The highest BCUT2D eigenvalue weighted by molar-refractivity contribution is 6.74. The number of anilines is 1. The van der Waals surface area contributed by atoms with Crippen molar-refractivity contribution in [2.75, 3.05) is 12.1 Å². The summed E-state index contributed by atoms with van der Waals surface area (Å²) < 4.78 is 5.37. The SMILES string of the molecule is CO[Si](C)(C)Nc1ccccc1. The Kier molecular flexibility index (Phi) is 2.89. The Morgan fingerprint density at radius 3 is 2.25 bits per heavy atom. The molecule has 12 heavy (non-hydrogen) atoms. The van der Waals surface area contributed by atoms with E-state index in [2.05, 4.69) is 18.1 Å². The maximum atomic E-state index is 5.37. The summed E-state index contributed by atoms with van der Waals surface area (Å²) in [5.74, 6) is 0. The lowest BCUT2D eigenvalue weighted by Crippen LogP contribution is -2.39. The zero-order chi connectivity index (χ0) is 9.03. The lowest BCUT2D eigenvalue weighted by Gasteiger charge is -2.22. The van der Waals surface area contributed by atoms with Crippen LogP contribution in [0.2, 0.25) is 13.1 Å². The topological polar surface area (TPSA) is 21.3 Å². The van der Waals surface area contributed by atoms with E-state index < -0.39 is 8.48 Å². The fourth-order valence-electron chi connectivity index (χ4n) is 0.920. The molecule has 0 bridgehead atoms. The lowest BCUT2D eigenvalue weighted by molar-refractivity contribution is 0.410. The van der Waals surface area contributed by atoms with Crippen molar-refractivity contribution < 1.29 is 4.43 Å². The smallest absolute Gasteiger partial charge is 0.291 e. The van der Waals surface area contributed by atoms with Crippen LogP contribution in [0.4, 0.5) is 5.69 Å². The Morgan fingerprint density at radius 2 is 1.75 bits per heavy atom. The maximum Gasteiger partial charge on any atom is 0.291 e. The summed E-state index contributed by atoms with van der Waals surface area (Å²) in [6, 6.07) is 10.1. The number of rotatable bonds is 3. The van der Waals surface area contributed by atoms with Gasteiger partial charge in [-0.1, -0.05) is 18.2 Å². The number of benzene rings is 1. The van der Waals surface area contributed by atoms with Crippen LogP contribution >= 0.6 is 0 Å². The molecule has 66 valence electrons. The van der Waals surface area contributed by atoms with Gasteiger partial charge in [0.15, 0.2) is 0 Å². The predicted molar refractivity (Wildman–Crippen MR) is 54.6 cm³/mol. The molecule has 3 heteroatoms. The van der Waals surface area contributed by atoms with Gasteiger partial charge in [0.2, 0.25) is 0 Å². The molecular formula is C9H15NOSi. The molecule has 0 atom stereocenters. The molecule has 0 aliphatic carbocycles. The fourth-order valence-corrected chi connectivity index (χ4v) is 1.88. The highest BCUT2D eigenvalue weighted by Gasteiger charge is 2.20. The third-order valence-corrected chi connectivity index (χ3v) is 3.64. The molecule has 0 aliphatic rings. The summed E-state index contributed by atoms with van der Waals surface area (Å²) in [5, 5.41) is 0. The molecule has 0 unspecified atom stereocenters. The molecule has 0 aromatic heterocycles. The molecule has 1 aromatic carbocycles. The largest absolute Gasteiger partial charge is 0.402 e. The van der Waals surface area contributed by atoms with Gasteiger partial charge in [-0.25, -0.2) is 0 Å². The summed E-state index contributed by atoms with van der Waals surface area (Å²) in [6.45, 7) is 4.25. The second-order valence-electron chi connectivity index (χ2n) is 3.21. The van der Waals surface area contributed by atoms with Gasteiger partial charge in [-0.15, -0.1) is 0 Å². The molecule has 0 spiro atoms. The van der Waals surface area contributed by atoms with Crippen LogP contribution in [0.1, 0.15) is 0 Å². The van der Waals surface area contributed by atoms with Gasteiger partial charge in [-0.05, 0) is 25.2 Å². The molecule has 0 aliphatic heterocycles. The van der Waals surface area contributed by atoms with Crippen molar-refractivity contribution in [1.82, 2.24) is 0 Å². The first kappa shape index (κ1) is 9.29. The van der Waals surface area contributed by atoms with E-state index in [0.29, 0.717) is 0 Å². The van der Waals surface area contributed by atoms with E-state index in [4.69, 9.17) is 4.43 Å². The van der Waals surface area contributed by atoms with Crippen LogP contribution in [-0.2, 0) is 4.43 Å². The molecule has 0 saturated heterocycles. The molecule has 1 rings (SSSR count). The van der Waals surface area contributed by atoms with Crippen LogP contribution in [0, 0.1) is 0 Å². The Labute approximate surface area is 74.8 Å². The number of nitrogens with one attached hydrogen (secondary N) is 1. The molecule has 1 aromatic rings. The van der Waals surface area contributed by atoms with Crippen LogP contribution in [0.25, 0.3) is 0 Å². The molecule has 0 heterocycles. The second kappa shape index (κ2) is 3.73. The van der Waals surface area contributed by atoms with E-state index in [1.165, 1.54) is 0 Å². The second-order valence-corrected chi connectivity index (χ2v) is 6.88. The van der Waals surface area contributed by atoms with Crippen LogP contribution in [0.15, 0.2) is 30.3 Å². The van der Waals surface area contributed by atoms with E-state index in [9.17, 15) is 0 Å². The van der Waals surface area contributed by atoms with E-state index in [1.807, 2.05) is 30.3 Å². The van der Waals surface area contributed by atoms with Crippen molar-refractivity contribution in [2.45, 2.75) is 13.1 Å². The van der Waals surface area contributed by atoms with Crippen molar-refractivity contribution >= 4 is 14.2 Å². The van der Waals surface area contributed by atoms with Gasteiger partial charge in [-0.2, -0.15) is 0 Å². The summed E-state index contributed by atoms with van der Waals surface area (Å²) in [4.78, 5) is 3.38. The standard InChI is InChI=1S/C9H15NOSi/c1-11-12(2,3)10-9-7-5-4-6-8-9/h4-8,10H,1-3H3. The van der Waals surface area contributed by atoms with E-state index in [-0.39, 0.29) is 0 Å². The Balaban J connectivity index is 2.64. The summed E-state index contributed by atoms with van der Waals surface area (Å²) in [7, 11) is 0.0840. The van der Waals surface area contributed by atoms with E-state index >= 15 is 0 Å². The predicted octanol–water partition coefficient (Wildman–Crippen LogP) is 2.45. The van der Waals surface area contributed by atoms with Crippen molar-refractivity contribution in [1.29, 1.82) is 0 Å². The van der Waals surface area contributed by atoms with Crippen LogP contribution in [0.5, 0.6) is 0 Å². The summed E-state index contributed by atoms with van der Waals surface area (Å²) in [6.07, 6.45) is 0. The van der Waals surface area contributed by atoms with Gasteiger partial charge in [-0.3, -0.25) is 0 Å². The van der Waals surface area contributed by atoms with E-state index in [0.717, 1.165) is 5.69 Å². The third-order valence-electron chi connectivity index (χ3n) is 1.73. The molecular weight excluding hydrogens is 166 g/mol. The van der Waals surface area contributed by atoms with Crippen LogP contribution in [0.3, 0.4) is 0 Å². The number of hydrogen-bond acceptors (Lipinski definition) is 2. The van der Waals surface area contributed by atoms with Gasteiger partial charge in [0.25, 0.3) is 8.48 Å².